The molecule has 0 saturated heterocycles. The van der Waals surface area contributed by atoms with Gasteiger partial charge in [-0.15, -0.1) is 0 Å². The van der Waals surface area contributed by atoms with Crippen LogP contribution in [-0.2, 0) is 17.8 Å². The van der Waals surface area contributed by atoms with E-state index in [9.17, 15) is 4.79 Å². The first-order chi connectivity index (χ1) is 11.5. The highest BCUT2D eigenvalue weighted by molar-refractivity contribution is 6.35. The van der Waals surface area contributed by atoms with Crippen LogP contribution in [0.2, 0.25) is 10.0 Å². The van der Waals surface area contributed by atoms with E-state index in [4.69, 9.17) is 23.2 Å². The second kappa shape index (κ2) is 9.67. The maximum absolute atomic E-state index is 11.8. The molecule has 0 spiro atoms. The maximum Gasteiger partial charge on any atom is 0.221 e. The number of aryl methyl sites for hydroxylation is 1. The van der Waals surface area contributed by atoms with E-state index >= 15 is 0 Å². The zero-order valence-electron chi connectivity index (χ0n) is 13.7. The SMILES string of the molecule is Cc1cccc(CNCCC(=O)NCCc2ccc(Cl)cc2Cl)c1. The normalized spacial score (nSPS) is 10.6. The lowest BCUT2D eigenvalue weighted by molar-refractivity contribution is -0.120. The van der Waals surface area contributed by atoms with E-state index in [2.05, 4.69) is 35.8 Å². The number of nitrogens with one attached hydrogen (secondary N) is 2. The van der Waals surface area contributed by atoms with Crippen molar-refractivity contribution in [3.8, 4) is 0 Å². The maximum atomic E-state index is 11.8. The Morgan fingerprint density at radius 2 is 1.92 bits per heavy atom. The van der Waals surface area contributed by atoms with E-state index in [1.807, 2.05) is 12.1 Å². The van der Waals surface area contributed by atoms with Crippen molar-refractivity contribution in [2.45, 2.75) is 26.3 Å². The molecule has 0 saturated carbocycles. The molecule has 0 aromatic heterocycles. The highest BCUT2D eigenvalue weighted by Gasteiger charge is 2.04. The number of benzene rings is 2. The van der Waals surface area contributed by atoms with Gasteiger partial charge in [-0.1, -0.05) is 59.1 Å². The molecule has 2 aromatic rings. The number of halogens is 2. The van der Waals surface area contributed by atoms with Gasteiger partial charge in [0.15, 0.2) is 0 Å². The lowest BCUT2D eigenvalue weighted by Gasteiger charge is -2.08. The second-order valence-electron chi connectivity index (χ2n) is 5.75. The van der Waals surface area contributed by atoms with Gasteiger partial charge < -0.3 is 10.6 Å². The minimum Gasteiger partial charge on any atom is -0.356 e. The summed E-state index contributed by atoms with van der Waals surface area (Å²) in [6.07, 6.45) is 1.15. The fraction of sp³-hybridized carbons (Fsp3) is 0.316. The van der Waals surface area contributed by atoms with Crippen LogP contribution in [0.5, 0.6) is 0 Å². The number of rotatable bonds is 8. The lowest BCUT2D eigenvalue weighted by Crippen LogP contribution is -2.29. The zero-order valence-corrected chi connectivity index (χ0v) is 15.3. The van der Waals surface area contributed by atoms with Gasteiger partial charge in [-0.3, -0.25) is 4.79 Å². The number of carbonyl (C=O) groups is 1. The minimum atomic E-state index is 0.0387. The van der Waals surface area contributed by atoms with Crippen LogP contribution in [0.15, 0.2) is 42.5 Å². The van der Waals surface area contributed by atoms with Gasteiger partial charge in [0.25, 0.3) is 0 Å². The average molecular weight is 365 g/mol. The fourth-order valence-electron chi connectivity index (χ4n) is 2.41. The Balaban J connectivity index is 1.61. The second-order valence-corrected chi connectivity index (χ2v) is 6.60. The topological polar surface area (TPSA) is 41.1 Å². The third kappa shape index (κ3) is 6.52. The Hall–Kier alpha value is -1.55. The third-order valence-electron chi connectivity index (χ3n) is 3.67. The van der Waals surface area contributed by atoms with Crippen molar-refractivity contribution in [3.63, 3.8) is 0 Å². The molecule has 0 atom stereocenters. The summed E-state index contributed by atoms with van der Waals surface area (Å²) in [6, 6.07) is 13.7. The van der Waals surface area contributed by atoms with Crippen LogP contribution in [0.3, 0.4) is 0 Å². The van der Waals surface area contributed by atoms with Crippen LogP contribution >= 0.6 is 23.2 Å². The predicted octanol–water partition coefficient (Wildman–Crippen LogP) is 4.14. The molecule has 24 heavy (non-hydrogen) atoms. The van der Waals surface area contributed by atoms with E-state index in [1.54, 1.807) is 12.1 Å². The molecular formula is C19H22Cl2N2O. The van der Waals surface area contributed by atoms with Gasteiger partial charge in [-0.2, -0.15) is 0 Å². The molecule has 0 aliphatic carbocycles. The Labute approximate surface area is 153 Å². The van der Waals surface area contributed by atoms with E-state index < -0.39 is 0 Å². The van der Waals surface area contributed by atoms with E-state index in [0.717, 1.165) is 12.1 Å². The largest absolute Gasteiger partial charge is 0.356 e. The summed E-state index contributed by atoms with van der Waals surface area (Å²) in [5, 5.41) is 7.45. The summed E-state index contributed by atoms with van der Waals surface area (Å²) in [6.45, 7) is 4.07. The van der Waals surface area contributed by atoms with E-state index in [0.29, 0.717) is 36.0 Å². The van der Waals surface area contributed by atoms with Crippen LogP contribution < -0.4 is 10.6 Å². The zero-order chi connectivity index (χ0) is 17.4. The van der Waals surface area contributed by atoms with Crippen molar-refractivity contribution in [1.29, 1.82) is 0 Å². The standard InChI is InChI=1S/C19H22Cl2N2O/c1-14-3-2-4-15(11-14)13-22-9-8-19(24)23-10-7-16-5-6-17(20)12-18(16)21/h2-6,11-12,22H,7-10,13H2,1H3,(H,23,24). The molecule has 5 heteroatoms. The van der Waals surface area contributed by atoms with Crippen LogP contribution in [0.1, 0.15) is 23.1 Å². The van der Waals surface area contributed by atoms with Gasteiger partial charge in [0.2, 0.25) is 5.91 Å². The quantitative estimate of drug-likeness (QED) is 0.691. The Bertz CT molecular complexity index is 689. The van der Waals surface area contributed by atoms with Crippen LogP contribution in [0.4, 0.5) is 0 Å². The fourth-order valence-corrected chi connectivity index (χ4v) is 2.91. The molecule has 2 N–H and O–H groups in total. The monoisotopic (exact) mass is 364 g/mol. The Morgan fingerprint density at radius 1 is 1.08 bits per heavy atom. The first-order valence-corrected chi connectivity index (χ1v) is 8.77. The number of amides is 1. The molecule has 0 bridgehead atoms. The summed E-state index contributed by atoms with van der Waals surface area (Å²) in [7, 11) is 0. The van der Waals surface area contributed by atoms with Crippen LogP contribution in [0, 0.1) is 6.92 Å². The molecule has 0 unspecified atom stereocenters. The molecule has 0 aliphatic rings. The predicted molar refractivity (Wildman–Crippen MR) is 101 cm³/mol. The van der Waals surface area contributed by atoms with Crippen LogP contribution in [-0.4, -0.2) is 19.0 Å². The highest BCUT2D eigenvalue weighted by Crippen LogP contribution is 2.21. The van der Waals surface area contributed by atoms with Crippen LogP contribution in [0.25, 0.3) is 0 Å². The Kier molecular flexibility index (Phi) is 7.57. The minimum absolute atomic E-state index is 0.0387. The number of hydrogen-bond donors (Lipinski definition) is 2. The molecule has 0 aliphatic heterocycles. The summed E-state index contributed by atoms with van der Waals surface area (Å²) >= 11 is 12.0. The van der Waals surface area contributed by atoms with E-state index in [-0.39, 0.29) is 5.91 Å². The molecule has 128 valence electrons. The van der Waals surface area contributed by atoms with Gasteiger partial charge in [0.05, 0.1) is 0 Å². The summed E-state index contributed by atoms with van der Waals surface area (Å²) in [4.78, 5) is 11.8. The Morgan fingerprint density at radius 3 is 2.67 bits per heavy atom. The molecule has 2 rings (SSSR count). The first-order valence-electron chi connectivity index (χ1n) is 8.01. The molecular weight excluding hydrogens is 343 g/mol. The van der Waals surface area contributed by atoms with Crippen molar-refractivity contribution in [2.75, 3.05) is 13.1 Å². The molecule has 0 heterocycles. The van der Waals surface area contributed by atoms with Crippen molar-refractivity contribution in [3.05, 3.63) is 69.2 Å². The number of carbonyl (C=O) groups excluding carboxylic acids is 1. The van der Waals surface area contributed by atoms with E-state index in [1.165, 1.54) is 11.1 Å². The van der Waals surface area contributed by atoms with Gasteiger partial charge in [0, 0.05) is 36.1 Å². The summed E-state index contributed by atoms with van der Waals surface area (Å²) in [5.41, 5.74) is 3.46. The van der Waals surface area contributed by atoms with Crippen molar-refractivity contribution in [1.82, 2.24) is 10.6 Å². The molecule has 0 radical (unpaired) electrons. The van der Waals surface area contributed by atoms with Gasteiger partial charge in [-0.25, -0.2) is 0 Å². The molecule has 0 fully saturated rings. The van der Waals surface area contributed by atoms with Gasteiger partial charge >= 0.3 is 0 Å². The van der Waals surface area contributed by atoms with Gasteiger partial charge in [0.1, 0.15) is 0 Å². The smallest absolute Gasteiger partial charge is 0.221 e. The van der Waals surface area contributed by atoms with Crippen molar-refractivity contribution < 1.29 is 4.79 Å². The molecule has 1 amide bonds. The van der Waals surface area contributed by atoms with Gasteiger partial charge in [-0.05, 0) is 36.6 Å². The van der Waals surface area contributed by atoms with Crippen molar-refractivity contribution in [2.24, 2.45) is 0 Å². The molecule has 3 nitrogen and oxygen atoms in total. The van der Waals surface area contributed by atoms with Crippen molar-refractivity contribution >= 4 is 29.1 Å². The summed E-state index contributed by atoms with van der Waals surface area (Å²) in [5.74, 6) is 0.0387. The lowest BCUT2D eigenvalue weighted by atomic mass is 10.1. The summed E-state index contributed by atoms with van der Waals surface area (Å²) < 4.78 is 0. The number of hydrogen-bond acceptors (Lipinski definition) is 2. The highest BCUT2D eigenvalue weighted by atomic mass is 35.5. The first kappa shape index (κ1) is 18.8. The third-order valence-corrected chi connectivity index (χ3v) is 4.26. The molecule has 2 aromatic carbocycles. The average Bonchev–Trinajstić information content (AvgIpc) is 2.54.